The Morgan fingerprint density at radius 1 is 1.20 bits per heavy atom. The van der Waals surface area contributed by atoms with Crippen molar-refractivity contribution in [1.82, 2.24) is 0 Å². The highest BCUT2D eigenvalue weighted by atomic mass is 79.9. The molecule has 0 heterocycles. The van der Waals surface area contributed by atoms with Gasteiger partial charge >= 0.3 is 0 Å². The summed E-state index contributed by atoms with van der Waals surface area (Å²) in [5.41, 5.74) is 6.86. The number of benzene rings is 2. The largest absolute Gasteiger partial charge is 0.494 e. The number of rotatable bonds is 6. The molecule has 0 aliphatic heterocycles. The van der Waals surface area contributed by atoms with Gasteiger partial charge in [-0.3, -0.25) is 0 Å². The van der Waals surface area contributed by atoms with Crippen molar-refractivity contribution in [2.24, 2.45) is 0 Å². The maximum Gasteiger partial charge on any atom is 0.139 e. The summed E-state index contributed by atoms with van der Waals surface area (Å²) in [6, 6.07) is 12.6. The van der Waals surface area contributed by atoms with Crippen LogP contribution in [0.15, 0.2) is 46.9 Å². The van der Waals surface area contributed by atoms with Crippen LogP contribution in [0.1, 0.15) is 6.42 Å². The molecule has 0 aliphatic carbocycles. The minimum Gasteiger partial charge on any atom is -0.494 e. The molecule has 0 atom stereocenters. The van der Waals surface area contributed by atoms with E-state index < -0.39 is 0 Å². The van der Waals surface area contributed by atoms with Crippen LogP contribution in [-0.4, -0.2) is 13.2 Å². The molecule has 20 heavy (non-hydrogen) atoms. The van der Waals surface area contributed by atoms with Crippen molar-refractivity contribution in [3.05, 3.63) is 52.8 Å². The third-order valence-corrected chi connectivity index (χ3v) is 3.35. The molecule has 0 fully saturated rings. The summed E-state index contributed by atoms with van der Waals surface area (Å²) >= 11 is 3.14. The Labute approximate surface area is 126 Å². The Bertz CT molecular complexity index is 563. The van der Waals surface area contributed by atoms with E-state index in [4.69, 9.17) is 10.5 Å². The Hall–Kier alpha value is -1.75. The fourth-order valence-corrected chi connectivity index (χ4v) is 2.06. The topological polar surface area (TPSA) is 47.3 Å². The molecule has 0 radical (unpaired) electrons. The zero-order chi connectivity index (χ0) is 14.4. The molecule has 2 aromatic carbocycles. The fourth-order valence-electron chi connectivity index (χ4n) is 1.72. The van der Waals surface area contributed by atoms with Crippen molar-refractivity contribution in [3.8, 4) is 5.75 Å². The summed E-state index contributed by atoms with van der Waals surface area (Å²) in [6.45, 7) is 1.31. The zero-order valence-electron chi connectivity index (χ0n) is 10.9. The third kappa shape index (κ3) is 4.13. The van der Waals surface area contributed by atoms with E-state index in [1.165, 1.54) is 6.07 Å². The highest BCUT2D eigenvalue weighted by Gasteiger charge is 2.05. The SMILES string of the molecule is Nc1cc(F)c(Br)cc1NCCCOc1ccccc1. The van der Waals surface area contributed by atoms with Gasteiger partial charge in [0.25, 0.3) is 0 Å². The van der Waals surface area contributed by atoms with Gasteiger partial charge in [-0.25, -0.2) is 4.39 Å². The molecular weight excluding hydrogens is 323 g/mol. The number of ether oxygens (including phenoxy) is 1. The van der Waals surface area contributed by atoms with E-state index in [0.29, 0.717) is 23.3 Å². The standard InChI is InChI=1S/C15H16BrFN2O/c16-12-9-15(14(18)10-13(12)17)19-7-4-8-20-11-5-2-1-3-6-11/h1-3,5-6,9-10,19H,4,7-8,18H2. The number of anilines is 2. The van der Waals surface area contributed by atoms with Crippen LogP contribution >= 0.6 is 15.9 Å². The molecule has 5 heteroatoms. The first-order chi connectivity index (χ1) is 9.66. The Morgan fingerprint density at radius 2 is 1.95 bits per heavy atom. The van der Waals surface area contributed by atoms with E-state index in [-0.39, 0.29) is 5.82 Å². The van der Waals surface area contributed by atoms with E-state index >= 15 is 0 Å². The molecular formula is C15H16BrFN2O. The van der Waals surface area contributed by atoms with Gasteiger partial charge in [0, 0.05) is 12.6 Å². The Kier molecular flexibility index (Phi) is 5.24. The fraction of sp³-hybridized carbons (Fsp3) is 0.200. The summed E-state index contributed by atoms with van der Waals surface area (Å²) in [5.74, 6) is 0.497. The normalized spacial score (nSPS) is 10.3. The van der Waals surface area contributed by atoms with Gasteiger partial charge in [-0.15, -0.1) is 0 Å². The minimum atomic E-state index is -0.361. The number of hydrogen-bond acceptors (Lipinski definition) is 3. The lowest BCUT2D eigenvalue weighted by molar-refractivity contribution is 0.315. The predicted molar refractivity (Wildman–Crippen MR) is 83.6 cm³/mol. The molecule has 0 aromatic heterocycles. The van der Waals surface area contributed by atoms with E-state index in [0.717, 1.165) is 17.9 Å². The molecule has 106 valence electrons. The van der Waals surface area contributed by atoms with Gasteiger partial charge in [0.15, 0.2) is 0 Å². The number of hydrogen-bond donors (Lipinski definition) is 2. The van der Waals surface area contributed by atoms with Crippen molar-refractivity contribution in [2.45, 2.75) is 6.42 Å². The van der Waals surface area contributed by atoms with E-state index in [1.807, 2.05) is 30.3 Å². The summed E-state index contributed by atoms with van der Waals surface area (Å²) in [4.78, 5) is 0. The lowest BCUT2D eigenvalue weighted by atomic mass is 10.2. The predicted octanol–water partition coefficient (Wildman–Crippen LogP) is 4.05. The molecule has 3 nitrogen and oxygen atoms in total. The van der Waals surface area contributed by atoms with E-state index in [2.05, 4.69) is 21.2 Å². The molecule has 2 aromatic rings. The molecule has 0 saturated carbocycles. The lowest BCUT2D eigenvalue weighted by Gasteiger charge is -2.11. The summed E-state index contributed by atoms with van der Waals surface area (Å²) in [6.07, 6.45) is 0.823. The monoisotopic (exact) mass is 338 g/mol. The molecule has 2 rings (SSSR count). The summed E-state index contributed by atoms with van der Waals surface area (Å²) < 4.78 is 19.2. The van der Waals surface area contributed by atoms with Crippen LogP contribution in [0.2, 0.25) is 0 Å². The number of nitrogens with two attached hydrogens (primary N) is 1. The van der Waals surface area contributed by atoms with E-state index in [9.17, 15) is 4.39 Å². The van der Waals surface area contributed by atoms with Gasteiger partial charge in [-0.05, 0) is 40.5 Å². The molecule has 0 aliphatic rings. The van der Waals surface area contributed by atoms with Gasteiger partial charge in [-0.1, -0.05) is 18.2 Å². The van der Waals surface area contributed by atoms with Crippen LogP contribution in [0.3, 0.4) is 0 Å². The summed E-state index contributed by atoms with van der Waals surface area (Å²) in [5, 5.41) is 3.17. The second kappa shape index (κ2) is 7.14. The van der Waals surface area contributed by atoms with Crippen molar-refractivity contribution in [2.75, 3.05) is 24.2 Å². The third-order valence-electron chi connectivity index (χ3n) is 2.74. The molecule has 0 spiro atoms. The first-order valence-corrected chi connectivity index (χ1v) is 7.12. The van der Waals surface area contributed by atoms with Gasteiger partial charge in [0.1, 0.15) is 11.6 Å². The van der Waals surface area contributed by atoms with Crippen molar-refractivity contribution < 1.29 is 9.13 Å². The van der Waals surface area contributed by atoms with Crippen LogP contribution in [0, 0.1) is 5.82 Å². The molecule has 0 saturated heterocycles. The first-order valence-electron chi connectivity index (χ1n) is 6.33. The molecule has 0 amide bonds. The summed E-state index contributed by atoms with van der Waals surface area (Å²) in [7, 11) is 0. The van der Waals surface area contributed by atoms with Crippen molar-refractivity contribution in [1.29, 1.82) is 0 Å². The van der Waals surface area contributed by atoms with Crippen LogP contribution in [0.5, 0.6) is 5.75 Å². The van der Waals surface area contributed by atoms with Gasteiger partial charge in [-0.2, -0.15) is 0 Å². The van der Waals surface area contributed by atoms with Crippen LogP contribution in [0.4, 0.5) is 15.8 Å². The second-order valence-corrected chi connectivity index (χ2v) is 5.15. The van der Waals surface area contributed by atoms with Gasteiger partial charge < -0.3 is 15.8 Å². The maximum atomic E-state index is 13.2. The minimum absolute atomic E-state index is 0.361. The number of halogens is 2. The quantitative estimate of drug-likeness (QED) is 0.617. The second-order valence-electron chi connectivity index (χ2n) is 4.30. The van der Waals surface area contributed by atoms with Crippen LogP contribution in [-0.2, 0) is 0 Å². The van der Waals surface area contributed by atoms with Crippen LogP contribution in [0.25, 0.3) is 0 Å². The zero-order valence-corrected chi connectivity index (χ0v) is 12.5. The maximum absolute atomic E-state index is 13.2. The molecule has 3 N–H and O–H groups in total. The Balaban J connectivity index is 1.75. The molecule has 0 bridgehead atoms. The average molecular weight is 339 g/mol. The Morgan fingerprint density at radius 3 is 2.70 bits per heavy atom. The number of para-hydroxylation sites is 1. The smallest absolute Gasteiger partial charge is 0.139 e. The van der Waals surface area contributed by atoms with Crippen molar-refractivity contribution in [3.63, 3.8) is 0 Å². The van der Waals surface area contributed by atoms with Crippen LogP contribution < -0.4 is 15.8 Å². The molecule has 0 unspecified atom stereocenters. The number of nitrogen functional groups attached to an aromatic ring is 1. The first kappa shape index (κ1) is 14.7. The lowest BCUT2D eigenvalue weighted by Crippen LogP contribution is -2.09. The highest BCUT2D eigenvalue weighted by molar-refractivity contribution is 9.10. The van der Waals surface area contributed by atoms with Crippen molar-refractivity contribution >= 4 is 27.3 Å². The highest BCUT2D eigenvalue weighted by Crippen LogP contribution is 2.26. The van der Waals surface area contributed by atoms with Gasteiger partial charge in [0.05, 0.1) is 22.5 Å². The average Bonchev–Trinajstić information content (AvgIpc) is 2.45. The number of nitrogens with one attached hydrogen (secondary N) is 1. The van der Waals surface area contributed by atoms with E-state index in [1.54, 1.807) is 6.07 Å². The van der Waals surface area contributed by atoms with Gasteiger partial charge in [0.2, 0.25) is 0 Å².